The lowest BCUT2D eigenvalue weighted by molar-refractivity contribution is 0.226. The molecule has 2 N–H and O–H groups in total. The Morgan fingerprint density at radius 2 is 1.75 bits per heavy atom. The molecule has 0 radical (unpaired) electrons. The first-order chi connectivity index (χ1) is 9.49. The lowest BCUT2D eigenvalue weighted by Crippen LogP contribution is -2.48. The third-order valence-electron chi connectivity index (χ3n) is 3.53. The standard InChI is InChI=1S/C16H27N3O/c1-5-19(6-2)13-12-17-15(20)18-16(3,4)14-10-8-7-9-11-14/h7-11H,5-6,12-13H2,1-4H3,(H2,17,18,20). The minimum atomic E-state index is -0.374. The third-order valence-corrected chi connectivity index (χ3v) is 3.53. The van der Waals surface area contributed by atoms with Gasteiger partial charge in [-0.1, -0.05) is 44.2 Å². The van der Waals surface area contributed by atoms with Crippen molar-refractivity contribution in [3.63, 3.8) is 0 Å². The minimum absolute atomic E-state index is 0.119. The summed E-state index contributed by atoms with van der Waals surface area (Å²) in [6.45, 7) is 11.8. The predicted octanol–water partition coefficient (Wildman–Crippen LogP) is 2.56. The van der Waals surface area contributed by atoms with Gasteiger partial charge in [-0.05, 0) is 32.5 Å². The van der Waals surface area contributed by atoms with Crippen LogP contribution in [0, 0.1) is 0 Å². The van der Waals surface area contributed by atoms with Crippen LogP contribution in [-0.2, 0) is 5.54 Å². The van der Waals surface area contributed by atoms with Crippen LogP contribution in [0.3, 0.4) is 0 Å². The summed E-state index contributed by atoms with van der Waals surface area (Å²) in [4.78, 5) is 14.2. The lowest BCUT2D eigenvalue weighted by Gasteiger charge is -2.27. The first-order valence-electron chi connectivity index (χ1n) is 7.33. The van der Waals surface area contributed by atoms with E-state index in [0.717, 1.165) is 25.2 Å². The second kappa shape index (κ2) is 7.90. The van der Waals surface area contributed by atoms with Crippen LogP contribution in [0.25, 0.3) is 0 Å². The van der Waals surface area contributed by atoms with Crippen molar-refractivity contribution in [1.29, 1.82) is 0 Å². The van der Waals surface area contributed by atoms with Crippen LogP contribution in [0.4, 0.5) is 4.79 Å². The zero-order chi connectivity index (χ0) is 15.0. The highest BCUT2D eigenvalue weighted by atomic mass is 16.2. The number of likely N-dealkylation sites (N-methyl/N-ethyl adjacent to an activating group) is 1. The van der Waals surface area contributed by atoms with Crippen molar-refractivity contribution in [3.8, 4) is 0 Å². The first kappa shape index (κ1) is 16.5. The molecule has 0 bridgehead atoms. The van der Waals surface area contributed by atoms with Crippen molar-refractivity contribution in [2.75, 3.05) is 26.2 Å². The molecule has 0 aliphatic rings. The fourth-order valence-corrected chi connectivity index (χ4v) is 2.12. The Morgan fingerprint density at radius 1 is 1.15 bits per heavy atom. The van der Waals surface area contributed by atoms with Gasteiger partial charge in [0.05, 0.1) is 5.54 Å². The number of rotatable bonds is 7. The summed E-state index contributed by atoms with van der Waals surface area (Å²) in [5.74, 6) is 0. The van der Waals surface area contributed by atoms with E-state index in [2.05, 4.69) is 29.4 Å². The number of carbonyl (C=O) groups excluding carboxylic acids is 1. The quantitative estimate of drug-likeness (QED) is 0.804. The fraction of sp³-hybridized carbons (Fsp3) is 0.562. The molecule has 2 amide bonds. The molecule has 112 valence electrons. The molecule has 0 aliphatic carbocycles. The van der Waals surface area contributed by atoms with Crippen LogP contribution in [0.5, 0.6) is 0 Å². The molecule has 0 fully saturated rings. The third kappa shape index (κ3) is 5.21. The number of carbonyl (C=O) groups is 1. The molecule has 1 rings (SSSR count). The summed E-state index contributed by atoms with van der Waals surface area (Å²) in [5.41, 5.74) is 0.722. The number of benzene rings is 1. The van der Waals surface area contributed by atoms with Crippen molar-refractivity contribution >= 4 is 6.03 Å². The largest absolute Gasteiger partial charge is 0.337 e. The molecule has 0 spiro atoms. The van der Waals surface area contributed by atoms with Crippen LogP contribution in [0.2, 0.25) is 0 Å². The first-order valence-corrected chi connectivity index (χ1v) is 7.33. The van der Waals surface area contributed by atoms with Gasteiger partial charge < -0.3 is 15.5 Å². The van der Waals surface area contributed by atoms with Crippen LogP contribution in [0.1, 0.15) is 33.3 Å². The molecular formula is C16H27N3O. The summed E-state index contributed by atoms with van der Waals surface area (Å²) in [6.07, 6.45) is 0. The summed E-state index contributed by atoms with van der Waals surface area (Å²) in [5, 5.41) is 5.93. The van der Waals surface area contributed by atoms with Crippen LogP contribution in [-0.4, -0.2) is 37.1 Å². The van der Waals surface area contributed by atoms with E-state index in [4.69, 9.17) is 0 Å². The molecule has 0 saturated heterocycles. The SMILES string of the molecule is CCN(CC)CCNC(=O)NC(C)(C)c1ccccc1. The van der Waals surface area contributed by atoms with Gasteiger partial charge in [0.1, 0.15) is 0 Å². The average molecular weight is 277 g/mol. The maximum atomic E-state index is 11.9. The molecule has 0 saturated carbocycles. The van der Waals surface area contributed by atoms with Crippen molar-refractivity contribution in [2.24, 2.45) is 0 Å². The Kier molecular flexibility index (Phi) is 6.52. The van der Waals surface area contributed by atoms with Gasteiger partial charge >= 0.3 is 6.03 Å². The number of hydrogen-bond acceptors (Lipinski definition) is 2. The highest BCUT2D eigenvalue weighted by Crippen LogP contribution is 2.18. The van der Waals surface area contributed by atoms with Crippen molar-refractivity contribution in [3.05, 3.63) is 35.9 Å². The van der Waals surface area contributed by atoms with Crippen LogP contribution < -0.4 is 10.6 Å². The highest BCUT2D eigenvalue weighted by Gasteiger charge is 2.22. The van der Waals surface area contributed by atoms with Gasteiger partial charge in [-0.2, -0.15) is 0 Å². The topological polar surface area (TPSA) is 44.4 Å². The molecule has 1 aromatic rings. The van der Waals surface area contributed by atoms with Crippen molar-refractivity contribution < 1.29 is 4.79 Å². The van der Waals surface area contributed by atoms with E-state index in [1.807, 2.05) is 44.2 Å². The molecule has 0 heterocycles. The zero-order valence-electron chi connectivity index (χ0n) is 13.1. The Balaban J connectivity index is 2.42. The van der Waals surface area contributed by atoms with E-state index in [9.17, 15) is 4.79 Å². The maximum Gasteiger partial charge on any atom is 0.315 e. The average Bonchev–Trinajstić information content (AvgIpc) is 2.44. The Bertz CT molecular complexity index is 399. The maximum absolute atomic E-state index is 11.9. The molecule has 0 atom stereocenters. The number of nitrogens with one attached hydrogen (secondary N) is 2. The van der Waals surface area contributed by atoms with E-state index in [1.54, 1.807) is 0 Å². The Morgan fingerprint density at radius 3 is 2.30 bits per heavy atom. The number of hydrogen-bond donors (Lipinski definition) is 2. The van der Waals surface area contributed by atoms with E-state index in [1.165, 1.54) is 0 Å². The summed E-state index contributed by atoms with van der Waals surface area (Å²) in [6, 6.07) is 9.87. The summed E-state index contributed by atoms with van der Waals surface area (Å²) in [7, 11) is 0. The molecule has 0 unspecified atom stereocenters. The van der Waals surface area contributed by atoms with Gasteiger partial charge in [0.25, 0.3) is 0 Å². The van der Waals surface area contributed by atoms with Crippen molar-refractivity contribution in [2.45, 2.75) is 33.2 Å². The highest BCUT2D eigenvalue weighted by molar-refractivity contribution is 5.74. The fourth-order valence-electron chi connectivity index (χ4n) is 2.12. The summed E-state index contributed by atoms with van der Waals surface area (Å²) < 4.78 is 0. The lowest BCUT2D eigenvalue weighted by atomic mass is 9.95. The number of nitrogens with zero attached hydrogens (tertiary/aromatic N) is 1. The smallest absolute Gasteiger partial charge is 0.315 e. The second-order valence-electron chi connectivity index (χ2n) is 5.40. The molecule has 0 aliphatic heterocycles. The van der Waals surface area contributed by atoms with Crippen LogP contribution >= 0.6 is 0 Å². The van der Waals surface area contributed by atoms with Gasteiger partial charge in [-0.3, -0.25) is 0 Å². The molecule has 4 nitrogen and oxygen atoms in total. The Labute approximate surface area is 122 Å². The van der Waals surface area contributed by atoms with Gasteiger partial charge in [0, 0.05) is 13.1 Å². The van der Waals surface area contributed by atoms with E-state index in [-0.39, 0.29) is 11.6 Å². The monoisotopic (exact) mass is 277 g/mol. The Hall–Kier alpha value is -1.55. The normalized spacial score (nSPS) is 11.4. The van der Waals surface area contributed by atoms with Crippen molar-refractivity contribution in [1.82, 2.24) is 15.5 Å². The van der Waals surface area contributed by atoms with E-state index >= 15 is 0 Å². The second-order valence-corrected chi connectivity index (χ2v) is 5.40. The molecular weight excluding hydrogens is 250 g/mol. The molecule has 4 heteroatoms. The number of urea groups is 1. The number of amides is 2. The predicted molar refractivity (Wildman–Crippen MR) is 83.8 cm³/mol. The summed E-state index contributed by atoms with van der Waals surface area (Å²) >= 11 is 0. The zero-order valence-corrected chi connectivity index (χ0v) is 13.1. The van der Waals surface area contributed by atoms with E-state index < -0.39 is 0 Å². The minimum Gasteiger partial charge on any atom is -0.337 e. The van der Waals surface area contributed by atoms with Gasteiger partial charge in [-0.15, -0.1) is 0 Å². The molecule has 20 heavy (non-hydrogen) atoms. The van der Waals surface area contributed by atoms with Gasteiger partial charge in [0.2, 0.25) is 0 Å². The molecule has 1 aromatic carbocycles. The van der Waals surface area contributed by atoms with Gasteiger partial charge in [0.15, 0.2) is 0 Å². The van der Waals surface area contributed by atoms with E-state index in [0.29, 0.717) is 6.54 Å². The van der Waals surface area contributed by atoms with Gasteiger partial charge in [-0.25, -0.2) is 4.79 Å². The molecule has 0 aromatic heterocycles. The van der Waals surface area contributed by atoms with Crippen LogP contribution in [0.15, 0.2) is 30.3 Å².